The van der Waals surface area contributed by atoms with E-state index in [-0.39, 0.29) is 25.3 Å². The van der Waals surface area contributed by atoms with Gasteiger partial charge in [-0.25, -0.2) is 8.78 Å². The maximum Gasteiger partial charge on any atom is 0.293 e. The third kappa shape index (κ3) is 5.27. The average Bonchev–Trinajstić information content (AvgIpc) is 3.07. The number of hydrogen-bond acceptors (Lipinski definition) is 8. The Balaban J connectivity index is 1.97. The normalized spacial score (nSPS) is 39.0. The summed E-state index contributed by atoms with van der Waals surface area (Å²) in [6, 6.07) is -2.30. The zero-order valence-electron chi connectivity index (χ0n) is 14.3. The molecule has 0 bridgehead atoms. The van der Waals surface area contributed by atoms with Gasteiger partial charge in [0.2, 0.25) is 0 Å². The van der Waals surface area contributed by atoms with Crippen molar-refractivity contribution in [1.29, 1.82) is 0 Å². The summed E-state index contributed by atoms with van der Waals surface area (Å²) in [6.45, 7) is -4.81. The number of rotatable bonds is 9. The third-order valence-electron chi connectivity index (χ3n) is 4.13. The second kappa shape index (κ2) is 9.28. The van der Waals surface area contributed by atoms with Crippen LogP contribution in [0, 0.1) is 0 Å². The van der Waals surface area contributed by atoms with Crippen molar-refractivity contribution in [1.82, 2.24) is 0 Å². The lowest BCUT2D eigenvalue weighted by molar-refractivity contribution is -0.223. The highest BCUT2D eigenvalue weighted by Crippen LogP contribution is 2.48. The van der Waals surface area contributed by atoms with Gasteiger partial charge in [0, 0.05) is 28.0 Å². The Morgan fingerprint density at radius 3 is 2.58 bits per heavy atom. The molecule has 3 unspecified atom stereocenters. The van der Waals surface area contributed by atoms with Crippen LogP contribution in [0.2, 0.25) is 0 Å². The fourth-order valence-corrected chi connectivity index (χ4v) is 4.20. The second-order valence-electron chi connectivity index (χ2n) is 5.91. The Labute approximate surface area is 159 Å². The van der Waals surface area contributed by atoms with Crippen LogP contribution in [0.25, 0.3) is 0 Å². The van der Waals surface area contributed by atoms with Crippen LogP contribution >= 0.6 is 6.72 Å². The van der Waals surface area contributed by atoms with Gasteiger partial charge < -0.3 is 32.9 Å². The molecule has 0 amide bonds. The maximum absolute atomic E-state index is 14.1. The Bertz CT molecular complexity index is 523. The summed E-state index contributed by atoms with van der Waals surface area (Å²) in [5, 5.41) is 0. The lowest BCUT2D eigenvalue weighted by Crippen LogP contribution is -2.43. The fourth-order valence-electron chi connectivity index (χ4n) is 2.79. The van der Waals surface area contributed by atoms with E-state index in [0.717, 1.165) is 0 Å². The number of methoxy groups -OCH3 is 2. The van der Waals surface area contributed by atoms with Crippen molar-refractivity contribution in [3.63, 3.8) is 0 Å². The van der Waals surface area contributed by atoms with E-state index in [0.29, 0.717) is 6.42 Å². The number of ether oxygens (including phenoxy) is 4. The van der Waals surface area contributed by atoms with Crippen molar-refractivity contribution in [3.8, 4) is 0 Å². The van der Waals surface area contributed by atoms with E-state index in [2.05, 4.69) is 0 Å². The summed E-state index contributed by atoms with van der Waals surface area (Å²) in [5.41, 5.74) is 0. The van der Waals surface area contributed by atoms with Gasteiger partial charge in [0.1, 0.15) is 26.8 Å². The molecule has 0 N–H and O–H groups in total. The van der Waals surface area contributed by atoms with Crippen LogP contribution in [0.15, 0.2) is 0 Å². The lowest BCUT2D eigenvalue weighted by atomic mass is 9.51. The van der Waals surface area contributed by atoms with Crippen LogP contribution in [0.5, 0.6) is 0 Å². The number of hydrogen-bond donors (Lipinski definition) is 0. The first kappa shape index (κ1) is 22.7. The first-order chi connectivity index (χ1) is 12.1. The van der Waals surface area contributed by atoms with Gasteiger partial charge in [-0.3, -0.25) is 0 Å². The van der Waals surface area contributed by atoms with Crippen LogP contribution in [-0.2, 0) is 39.8 Å². The van der Waals surface area contributed by atoms with E-state index in [1.807, 2.05) is 0 Å². The molecule has 0 aliphatic carbocycles. The van der Waals surface area contributed by atoms with Crippen molar-refractivity contribution >= 4 is 41.3 Å². The lowest BCUT2D eigenvalue weighted by Gasteiger charge is -2.35. The molecule has 0 aromatic rings. The molecule has 7 atom stereocenters. The molecule has 7 nitrogen and oxygen atoms in total. The summed E-state index contributed by atoms with van der Waals surface area (Å²) in [7, 11) is 14.8. The van der Waals surface area contributed by atoms with E-state index in [4.69, 9.17) is 55.4 Å². The highest BCUT2D eigenvalue weighted by atomic mass is 32.5. The minimum absolute atomic E-state index is 0.241. The molecule has 14 heteroatoms. The SMILES string of the molecule is [B][B][C@H]1CC(OC)[C@@H](COP([O-])(=S)OC2[C@@H](COC)O[C@@H]([B])C2(F)F)O1. The molecule has 0 saturated carbocycles. The molecule has 143 valence electrons. The number of halogens is 2. The summed E-state index contributed by atoms with van der Waals surface area (Å²) in [5.74, 6) is -3.61. The maximum atomic E-state index is 14.1. The molecule has 2 fully saturated rings. The predicted octanol–water partition coefficient (Wildman–Crippen LogP) is -0.934. The van der Waals surface area contributed by atoms with Crippen molar-refractivity contribution in [3.05, 3.63) is 0 Å². The second-order valence-corrected chi connectivity index (χ2v) is 8.61. The summed E-state index contributed by atoms with van der Waals surface area (Å²) in [4.78, 5) is 12.4. The number of alkyl halides is 2. The van der Waals surface area contributed by atoms with Crippen molar-refractivity contribution in [2.45, 2.75) is 48.8 Å². The van der Waals surface area contributed by atoms with E-state index >= 15 is 0 Å². The molecule has 2 saturated heterocycles. The Kier molecular flexibility index (Phi) is 8.11. The van der Waals surface area contributed by atoms with Gasteiger partial charge in [0.25, 0.3) is 5.92 Å². The first-order valence-electron chi connectivity index (χ1n) is 7.79. The van der Waals surface area contributed by atoms with E-state index in [1.165, 1.54) is 21.4 Å². The summed E-state index contributed by atoms with van der Waals surface area (Å²) in [6.07, 6.45) is -3.73. The van der Waals surface area contributed by atoms with Crippen molar-refractivity contribution < 1.29 is 41.7 Å². The van der Waals surface area contributed by atoms with Gasteiger partial charge in [0.05, 0.1) is 32.5 Å². The van der Waals surface area contributed by atoms with Gasteiger partial charge in [-0.2, -0.15) is 0 Å². The predicted molar refractivity (Wildman–Crippen MR) is 91.9 cm³/mol. The van der Waals surface area contributed by atoms with E-state index < -0.39 is 37.0 Å². The molecule has 2 heterocycles. The summed E-state index contributed by atoms with van der Waals surface area (Å²) < 4.78 is 58.7. The van der Waals surface area contributed by atoms with Gasteiger partial charge in [-0.05, 0) is 6.42 Å². The monoisotopic (exact) mass is 408 g/mol. The van der Waals surface area contributed by atoms with E-state index in [9.17, 15) is 13.7 Å². The highest BCUT2D eigenvalue weighted by molar-refractivity contribution is 8.06. The van der Waals surface area contributed by atoms with Crippen LogP contribution in [0.3, 0.4) is 0 Å². The van der Waals surface area contributed by atoms with E-state index in [1.54, 1.807) is 0 Å². The molecule has 2 aliphatic rings. The topological polar surface area (TPSA) is 78.4 Å². The van der Waals surface area contributed by atoms with Crippen LogP contribution in [0.1, 0.15) is 6.42 Å². The largest absolute Gasteiger partial charge is 0.780 e. The Morgan fingerprint density at radius 1 is 1.31 bits per heavy atom. The molecule has 0 aromatic heterocycles. The minimum atomic E-state index is -4.29. The molecule has 26 heavy (non-hydrogen) atoms. The average molecular weight is 408 g/mol. The van der Waals surface area contributed by atoms with Crippen LogP contribution in [-0.4, -0.2) is 92.5 Å². The molecular formula is C12H18B3F2O7PS-. The van der Waals surface area contributed by atoms with Crippen LogP contribution < -0.4 is 4.89 Å². The van der Waals surface area contributed by atoms with Gasteiger partial charge in [-0.1, -0.05) is 11.8 Å². The molecule has 5 radical (unpaired) electrons. The Hall–Kier alpha value is 0.425. The zero-order valence-corrected chi connectivity index (χ0v) is 16.0. The van der Waals surface area contributed by atoms with Gasteiger partial charge in [-0.15, -0.1) is 0 Å². The summed E-state index contributed by atoms with van der Waals surface area (Å²) >= 11 is 4.74. The standard InChI is InChI=1S/C12H19B3F2O7PS/c1-19-4-8-10(12(16,17)11(13)23-8)24-25(18,26)21-5-7-6(20-2)3-9(15-14)22-7/h6-11H,3-5H2,1-2H3,(H,18,26)/p-1/t6?,7-,8-,9-,10?,11-,25?/m1/s1. The van der Waals surface area contributed by atoms with Crippen LogP contribution in [0.4, 0.5) is 8.78 Å². The Morgan fingerprint density at radius 2 is 2.00 bits per heavy atom. The molecule has 0 spiro atoms. The first-order valence-corrected chi connectivity index (χ1v) is 10.3. The molecule has 2 rings (SSSR count). The zero-order chi connectivity index (χ0) is 19.5. The molecular weight excluding hydrogens is 390 g/mol. The quantitative estimate of drug-likeness (QED) is 0.358. The van der Waals surface area contributed by atoms with Crippen molar-refractivity contribution in [2.75, 3.05) is 27.4 Å². The van der Waals surface area contributed by atoms with Crippen molar-refractivity contribution in [2.24, 2.45) is 0 Å². The van der Waals surface area contributed by atoms with Gasteiger partial charge >= 0.3 is 0 Å². The molecule has 2 aliphatic heterocycles. The fraction of sp³-hybridized carbons (Fsp3) is 1.00. The molecule has 0 aromatic carbocycles. The smallest absolute Gasteiger partial charge is 0.293 e. The third-order valence-corrected chi connectivity index (χ3v) is 5.66. The minimum Gasteiger partial charge on any atom is -0.780 e. The van der Waals surface area contributed by atoms with Gasteiger partial charge in [0.15, 0.2) is 6.10 Å². The highest BCUT2D eigenvalue weighted by Gasteiger charge is 2.58.